The molecule has 20 heavy (non-hydrogen) atoms. The average molecular weight is 299 g/mol. The molecule has 0 spiro atoms. The normalized spacial score (nSPS) is 15.5. The SMILES string of the molecule is CCOc1c(C(=O)NC2(CCl)CC2)cccc1[N+](=O)[O-]. The van der Waals surface area contributed by atoms with Crippen molar-refractivity contribution in [2.75, 3.05) is 12.5 Å². The fourth-order valence-electron chi connectivity index (χ4n) is 1.89. The molecule has 1 aromatic rings. The number of rotatable bonds is 6. The predicted molar refractivity (Wildman–Crippen MR) is 74.4 cm³/mol. The number of para-hydroxylation sites is 1. The molecule has 1 aliphatic rings. The van der Waals surface area contributed by atoms with Gasteiger partial charge in [0.15, 0.2) is 0 Å². The number of benzene rings is 1. The maximum atomic E-state index is 12.3. The lowest BCUT2D eigenvalue weighted by atomic mass is 10.1. The fraction of sp³-hybridized carbons (Fsp3) is 0.462. The average Bonchev–Trinajstić information content (AvgIpc) is 3.19. The van der Waals surface area contributed by atoms with E-state index in [1.165, 1.54) is 18.2 Å². The number of halogens is 1. The van der Waals surface area contributed by atoms with Crippen LogP contribution in [0.15, 0.2) is 18.2 Å². The molecule has 1 saturated carbocycles. The van der Waals surface area contributed by atoms with Crippen molar-refractivity contribution in [3.05, 3.63) is 33.9 Å². The van der Waals surface area contributed by atoms with Crippen molar-refractivity contribution in [1.29, 1.82) is 0 Å². The first-order chi connectivity index (χ1) is 9.53. The number of nitro groups is 1. The molecule has 0 atom stereocenters. The van der Waals surface area contributed by atoms with Crippen molar-refractivity contribution in [3.63, 3.8) is 0 Å². The number of amides is 1. The monoisotopic (exact) mass is 298 g/mol. The maximum absolute atomic E-state index is 12.3. The van der Waals surface area contributed by atoms with Crippen LogP contribution >= 0.6 is 11.6 Å². The van der Waals surface area contributed by atoms with Crippen LogP contribution in [0.5, 0.6) is 5.75 Å². The second-order valence-corrected chi connectivity index (χ2v) is 4.98. The summed E-state index contributed by atoms with van der Waals surface area (Å²) >= 11 is 5.82. The maximum Gasteiger partial charge on any atom is 0.311 e. The quantitative estimate of drug-likeness (QED) is 0.497. The van der Waals surface area contributed by atoms with Crippen LogP contribution in [-0.2, 0) is 0 Å². The molecule has 1 fully saturated rings. The van der Waals surface area contributed by atoms with Gasteiger partial charge >= 0.3 is 5.69 Å². The lowest BCUT2D eigenvalue weighted by Gasteiger charge is -2.16. The molecule has 1 aromatic carbocycles. The minimum Gasteiger partial charge on any atom is -0.487 e. The zero-order valence-corrected chi connectivity index (χ0v) is 11.8. The van der Waals surface area contributed by atoms with Crippen molar-refractivity contribution in [3.8, 4) is 5.75 Å². The molecule has 108 valence electrons. The summed E-state index contributed by atoms with van der Waals surface area (Å²) < 4.78 is 5.28. The van der Waals surface area contributed by atoms with Crippen molar-refractivity contribution < 1.29 is 14.5 Å². The highest BCUT2D eigenvalue weighted by atomic mass is 35.5. The van der Waals surface area contributed by atoms with Crippen LogP contribution in [0, 0.1) is 10.1 Å². The first kappa shape index (κ1) is 14.6. The number of nitrogens with one attached hydrogen (secondary N) is 1. The van der Waals surface area contributed by atoms with Gasteiger partial charge in [0.2, 0.25) is 5.75 Å². The molecule has 0 aliphatic heterocycles. The van der Waals surface area contributed by atoms with Crippen molar-refractivity contribution in [2.45, 2.75) is 25.3 Å². The Hall–Kier alpha value is -1.82. The molecule has 0 bridgehead atoms. The van der Waals surface area contributed by atoms with E-state index in [1.807, 2.05) is 0 Å². The van der Waals surface area contributed by atoms with Crippen molar-refractivity contribution >= 4 is 23.2 Å². The minimum absolute atomic E-state index is 0.00266. The van der Waals surface area contributed by atoms with Gasteiger partial charge in [-0.3, -0.25) is 14.9 Å². The van der Waals surface area contributed by atoms with Crippen LogP contribution in [0.3, 0.4) is 0 Å². The number of ether oxygens (including phenoxy) is 1. The van der Waals surface area contributed by atoms with Gasteiger partial charge in [-0.25, -0.2) is 0 Å². The summed E-state index contributed by atoms with van der Waals surface area (Å²) in [5, 5.41) is 13.8. The van der Waals surface area contributed by atoms with E-state index in [2.05, 4.69) is 5.32 Å². The van der Waals surface area contributed by atoms with E-state index in [9.17, 15) is 14.9 Å². The smallest absolute Gasteiger partial charge is 0.311 e. The van der Waals surface area contributed by atoms with E-state index in [0.717, 1.165) is 12.8 Å². The molecule has 0 saturated heterocycles. The topological polar surface area (TPSA) is 81.5 Å². The number of hydrogen-bond acceptors (Lipinski definition) is 4. The number of hydrogen-bond donors (Lipinski definition) is 1. The molecule has 6 nitrogen and oxygen atoms in total. The predicted octanol–water partition coefficient (Wildman–Crippen LogP) is 2.49. The molecule has 1 aliphatic carbocycles. The van der Waals surface area contributed by atoms with Crippen LogP contribution in [0.4, 0.5) is 5.69 Å². The summed E-state index contributed by atoms with van der Waals surface area (Å²) in [5.41, 5.74) is -0.417. The first-order valence-corrected chi connectivity index (χ1v) is 6.85. The molecular formula is C13H15ClN2O4. The van der Waals surface area contributed by atoms with Gasteiger partial charge in [-0.05, 0) is 25.8 Å². The Bertz CT molecular complexity index is 543. The second kappa shape index (κ2) is 5.66. The highest BCUT2D eigenvalue weighted by molar-refractivity contribution is 6.19. The summed E-state index contributed by atoms with van der Waals surface area (Å²) in [4.78, 5) is 22.7. The van der Waals surface area contributed by atoms with Gasteiger partial charge in [0.05, 0.1) is 22.6 Å². The Kier molecular flexibility index (Phi) is 4.13. The van der Waals surface area contributed by atoms with Gasteiger partial charge in [0.1, 0.15) is 0 Å². The molecule has 1 N–H and O–H groups in total. The van der Waals surface area contributed by atoms with E-state index in [0.29, 0.717) is 5.88 Å². The highest BCUT2D eigenvalue weighted by Crippen LogP contribution is 2.38. The lowest BCUT2D eigenvalue weighted by molar-refractivity contribution is -0.385. The zero-order valence-electron chi connectivity index (χ0n) is 11.0. The summed E-state index contributed by atoms with van der Waals surface area (Å²) in [5.74, 6) is -0.0596. The summed E-state index contributed by atoms with van der Waals surface area (Å²) in [6.45, 7) is 1.95. The minimum atomic E-state index is -0.559. The van der Waals surface area contributed by atoms with Crippen LogP contribution in [0.1, 0.15) is 30.1 Å². The third-order valence-electron chi connectivity index (χ3n) is 3.21. The molecule has 2 rings (SSSR count). The third-order valence-corrected chi connectivity index (χ3v) is 3.72. The number of alkyl halides is 1. The van der Waals surface area contributed by atoms with Crippen molar-refractivity contribution in [1.82, 2.24) is 5.32 Å². The second-order valence-electron chi connectivity index (χ2n) is 4.71. The van der Waals surface area contributed by atoms with Gasteiger partial charge in [0.25, 0.3) is 5.91 Å². The Balaban J connectivity index is 2.32. The number of nitro benzene ring substituents is 1. The highest BCUT2D eigenvalue weighted by Gasteiger charge is 2.43. The molecule has 7 heteroatoms. The van der Waals surface area contributed by atoms with Crippen molar-refractivity contribution in [2.24, 2.45) is 0 Å². The molecule has 0 unspecified atom stereocenters. The van der Waals surface area contributed by atoms with Crippen LogP contribution < -0.4 is 10.1 Å². The standard InChI is InChI=1S/C13H15ClN2O4/c1-2-20-11-9(4-3-5-10(11)16(18)19)12(17)15-13(8-14)6-7-13/h3-5H,2,6-8H2,1H3,(H,15,17). The van der Waals surface area contributed by atoms with E-state index in [1.54, 1.807) is 6.92 Å². The van der Waals surface area contributed by atoms with Gasteiger partial charge < -0.3 is 10.1 Å². The molecule has 1 amide bonds. The number of carbonyl (C=O) groups excluding carboxylic acids is 1. The number of carbonyl (C=O) groups is 1. The van der Waals surface area contributed by atoms with E-state index >= 15 is 0 Å². The third kappa shape index (κ3) is 2.85. The Morgan fingerprint density at radius 2 is 2.25 bits per heavy atom. The largest absolute Gasteiger partial charge is 0.487 e. The van der Waals surface area contributed by atoms with E-state index < -0.39 is 10.8 Å². The van der Waals surface area contributed by atoms with E-state index in [4.69, 9.17) is 16.3 Å². The van der Waals surface area contributed by atoms with E-state index in [-0.39, 0.29) is 29.1 Å². The van der Waals surface area contributed by atoms with Gasteiger partial charge in [0, 0.05) is 11.9 Å². The molecule has 0 heterocycles. The fourth-order valence-corrected chi connectivity index (χ4v) is 2.23. The Morgan fingerprint density at radius 3 is 2.75 bits per heavy atom. The molecule has 0 radical (unpaired) electrons. The Morgan fingerprint density at radius 1 is 1.55 bits per heavy atom. The summed E-state index contributed by atoms with van der Waals surface area (Å²) in [7, 11) is 0. The van der Waals surface area contributed by atoms with Crippen LogP contribution in [-0.4, -0.2) is 28.9 Å². The van der Waals surface area contributed by atoms with Gasteiger partial charge in [-0.1, -0.05) is 6.07 Å². The van der Waals surface area contributed by atoms with Crippen LogP contribution in [0.2, 0.25) is 0 Å². The van der Waals surface area contributed by atoms with Gasteiger partial charge in [-0.15, -0.1) is 11.6 Å². The molecular weight excluding hydrogens is 284 g/mol. The summed E-state index contributed by atoms with van der Waals surface area (Å²) in [6.07, 6.45) is 1.64. The molecule has 0 aromatic heterocycles. The lowest BCUT2D eigenvalue weighted by Crippen LogP contribution is -2.38. The number of nitrogens with zero attached hydrogens (tertiary/aromatic N) is 1. The first-order valence-electron chi connectivity index (χ1n) is 6.31. The van der Waals surface area contributed by atoms with Gasteiger partial charge in [-0.2, -0.15) is 0 Å². The zero-order chi connectivity index (χ0) is 14.8. The Labute approximate surface area is 121 Å². The van der Waals surface area contributed by atoms with Crippen LogP contribution in [0.25, 0.3) is 0 Å². The summed E-state index contributed by atoms with van der Waals surface area (Å²) in [6, 6.07) is 4.30.